The quantitative estimate of drug-likeness (QED) is 0.167. The summed E-state index contributed by atoms with van der Waals surface area (Å²) >= 11 is 12.7. The summed E-state index contributed by atoms with van der Waals surface area (Å²) < 4.78 is 44.1. The van der Waals surface area contributed by atoms with Crippen molar-refractivity contribution >= 4 is 50.7 Å². The molecule has 0 saturated heterocycles. The van der Waals surface area contributed by atoms with Crippen molar-refractivity contribution in [2.24, 2.45) is 0 Å². The van der Waals surface area contributed by atoms with Crippen molar-refractivity contribution in [2.75, 3.05) is 10.8 Å². The molecule has 4 aromatic carbocycles. The molecule has 4 aromatic rings. The smallest absolute Gasteiger partial charge is 0.264 e. The molecular formula is C36H36Cl2FN3O4S. The number of hydrogen-bond acceptors (Lipinski definition) is 4. The molecule has 1 saturated carbocycles. The molecule has 0 spiro atoms. The van der Waals surface area contributed by atoms with Gasteiger partial charge in [-0.3, -0.25) is 13.9 Å². The molecule has 5 rings (SSSR count). The first-order valence-corrected chi connectivity index (χ1v) is 17.7. The summed E-state index contributed by atoms with van der Waals surface area (Å²) in [6, 6.07) is 25.9. The summed E-state index contributed by atoms with van der Waals surface area (Å²) in [6.07, 6.45) is 4.90. The third kappa shape index (κ3) is 8.71. The van der Waals surface area contributed by atoms with E-state index in [0.717, 1.165) is 48.0 Å². The van der Waals surface area contributed by atoms with Crippen LogP contribution < -0.4 is 9.62 Å². The van der Waals surface area contributed by atoms with E-state index in [4.69, 9.17) is 23.2 Å². The largest absolute Gasteiger partial charge is 0.352 e. The number of halogens is 3. The van der Waals surface area contributed by atoms with Gasteiger partial charge in [-0.25, -0.2) is 12.8 Å². The molecule has 1 N–H and O–H groups in total. The zero-order chi connectivity index (χ0) is 33.4. The van der Waals surface area contributed by atoms with Crippen LogP contribution in [0.25, 0.3) is 0 Å². The minimum atomic E-state index is -4.42. The first-order chi connectivity index (χ1) is 22.6. The molecule has 7 nitrogen and oxygen atoms in total. The van der Waals surface area contributed by atoms with Crippen LogP contribution in [-0.4, -0.2) is 43.8 Å². The standard InChI is InChI=1S/C36H36Cl2FN3O4S/c37-28-21-20-27(31(38)23-28)24-41(34(22-26-12-4-1-5-13-26)36(44)40-29-14-6-2-7-15-29)35(43)25-42(33-19-11-10-18-32(33)39)47(45,46)30-16-8-3-9-17-30/h1,3-5,8-13,16-21,23,29,34H,2,6-7,14-15,22,24-25H2,(H,40,44)/t34-/m0/s1. The van der Waals surface area contributed by atoms with Gasteiger partial charge < -0.3 is 10.2 Å². The highest BCUT2D eigenvalue weighted by molar-refractivity contribution is 7.92. The molecule has 0 heterocycles. The number of benzene rings is 4. The van der Waals surface area contributed by atoms with Crippen molar-refractivity contribution in [2.45, 2.75) is 62.0 Å². The molecule has 11 heteroatoms. The third-order valence-corrected chi connectivity index (χ3v) is 10.7. The molecule has 0 aliphatic heterocycles. The lowest BCUT2D eigenvalue weighted by Gasteiger charge is -2.35. The number of para-hydroxylation sites is 1. The number of carbonyl (C=O) groups excluding carboxylic acids is 2. The molecule has 0 radical (unpaired) electrons. The van der Waals surface area contributed by atoms with Gasteiger partial charge >= 0.3 is 0 Å². The molecule has 1 aliphatic rings. The van der Waals surface area contributed by atoms with E-state index in [-0.39, 0.29) is 40.5 Å². The molecule has 1 aliphatic carbocycles. The Labute approximate surface area is 285 Å². The van der Waals surface area contributed by atoms with E-state index in [2.05, 4.69) is 5.32 Å². The van der Waals surface area contributed by atoms with Gasteiger partial charge in [0.25, 0.3) is 10.0 Å². The zero-order valence-electron chi connectivity index (χ0n) is 25.7. The van der Waals surface area contributed by atoms with Crippen molar-refractivity contribution in [1.29, 1.82) is 0 Å². The Bertz CT molecular complexity index is 1790. The Morgan fingerprint density at radius 3 is 2.15 bits per heavy atom. The average molecular weight is 697 g/mol. The second-order valence-corrected chi connectivity index (χ2v) is 14.3. The molecule has 0 unspecified atom stereocenters. The Morgan fingerprint density at radius 1 is 0.851 bits per heavy atom. The molecule has 1 fully saturated rings. The highest BCUT2D eigenvalue weighted by Gasteiger charge is 2.36. The van der Waals surface area contributed by atoms with Crippen molar-refractivity contribution in [1.82, 2.24) is 10.2 Å². The number of carbonyl (C=O) groups is 2. The van der Waals surface area contributed by atoms with Crippen LogP contribution >= 0.6 is 23.2 Å². The lowest BCUT2D eigenvalue weighted by atomic mass is 9.94. The minimum absolute atomic E-state index is 0.0426. The normalized spacial score (nSPS) is 14.3. The summed E-state index contributed by atoms with van der Waals surface area (Å²) in [5, 5.41) is 3.83. The van der Waals surface area contributed by atoms with Crippen LogP contribution in [0.4, 0.5) is 10.1 Å². The number of anilines is 1. The van der Waals surface area contributed by atoms with Gasteiger partial charge in [0.15, 0.2) is 0 Å². The maximum atomic E-state index is 15.3. The van der Waals surface area contributed by atoms with Gasteiger partial charge in [-0.15, -0.1) is 0 Å². The Morgan fingerprint density at radius 2 is 1.49 bits per heavy atom. The van der Waals surface area contributed by atoms with Crippen molar-refractivity contribution in [3.63, 3.8) is 0 Å². The van der Waals surface area contributed by atoms with Crippen molar-refractivity contribution in [3.05, 3.63) is 130 Å². The lowest BCUT2D eigenvalue weighted by molar-refractivity contribution is -0.140. The maximum absolute atomic E-state index is 15.3. The molecule has 0 aromatic heterocycles. The molecule has 2 amide bonds. The van der Waals surface area contributed by atoms with E-state index in [1.165, 1.54) is 35.2 Å². The predicted molar refractivity (Wildman–Crippen MR) is 183 cm³/mol. The third-order valence-electron chi connectivity index (χ3n) is 8.31. The molecule has 1 atom stereocenters. The highest BCUT2D eigenvalue weighted by atomic mass is 35.5. The van der Waals surface area contributed by atoms with Crippen LogP contribution in [0.5, 0.6) is 0 Å². The number of nitrogens with one attached hydrogen (secondary N) is 1. The van der Waals surface area contributed by atoms with Crippen molar-refractivity contribution in [3.8, 4) is 0 Å². The van der Waals surface area contributed by atoms with Crippen LogP contribution in [0.2, 0.25) is 10.0 Å². The first-order valence-electron chi connectivity index (χ1n) is 15.5. The molecule has 246 valence electrons. The van der Waals surface area contributed by atoms with Gasteiger partial charge in [-0.05, 0) is 60.4 Å². The van der Waals surface area contributed by atoms with Crippen LogP contribution in [0.3, 0.4) is 0 Å². The number of nitrogens with zero attached hydrogens (tertiary/aromatic N) is 2. The SMILES string of the molecule is O=C(NC1CCCCC1)[C@H](Cc1ccccc1)N(Cc1ccc(Cl)cc1Cl)C(=O)CN(c1ccccc1F)S(=O)(=O)c1ccccc1. The maximum Gasteiger partial charge on any atom is 0.264 e. The van der Waals surface area contributed by atoms with E-state index in [1.807, 2.05) is 30.3 Å². The van der Waals surface area contributed by atoms with Gasteiger partial charge in [0, 0.05) is 29.1 Å². The van der Waals surface area contributed by atoms with E-state index < -0.39 is 34.3 Å². The van der Waals surface area contributed by atoms with Gasteiger partial charge in [-0.1, -0.05) is 109 Å². The predicted octanol–water partition coefficient (Wildman–Crippen LogP) is 7.42. The number of sulfonamides is 1. The van der Waals surface area contributed by atoms with Crippen molar-refractivity contribution < 1.29 is 22.4 Å². The Kier molecular flexibility index (Phi) is 11.6. The summed E-state index contributed by atoms with van der Waals surface area (Å²) in [5.41, 5.74) is 1.02. The fourth-order valence-corrected chi connectivity index (χ4v) is 7.73. The van der Waals surface area contributed by atoms with Crippen LogP contribution in [0.15, 0.2) is 108 Å². The monoisotopic (exact) mass is 695 g/mol. The van der Waals surface area contributed by atoms with E-state index in [0.29, 0.717) is 10.6 Å². The lowest BCUT2D eigenvalue weighted by Crippen LogP contribution is -2.55. The topological polar surface area (TPSA) is 86.8 Å². The Hall–Kier alpha value is -3.92. The van der Waals surface area contributed by atoms with Crippen LogP contribution in [0.1, 0.15) is 43.2 Å². The summed E-state index contributed by atoms with van der Waals surface area (Å²) in [5.74, 6) is -1.89. The first kappa shape index (κ1) is 34.4. The Balaban J connectivity index is 1.58. The van der Waals surface area contributed by atoms with Gasteiger partial charge in [0.05, 0.1) is 10.6 Å². The average Bonchev–Trinajstić information content (AvgIpc) is 3.07. The fraction of sp³-hybridized carbons (Fsp3) is 0.278. The molecule has 0 bridgehead atoms. The number of amides is 2. The van der Waals surface area contributed by atoms with E-state index in [1.54, 1.807) is 36.4 Å². The van der Waals surface area contributed by atoms with E-state index in [9.17, 15) is 18.0 Å². The summed E-state index contributed by atoms with van der Waals surface area (Å²) in [7, 11) is -4.42. The van der Waals surface area contributed by atoms with Gasteiger partial charge in [0.2, 0.25) is 11.8 Å². The fourth-order valence-electron chi connectivity index (χ4n) is 5.82. The summed E-state index contributed by atoms with van der Waals surface area (Å²) in [6.45, 7) is -0.897. The second kappa shape index (κ2) is 15.8. The zero-order valence-corrected chi connectivity index (χ0v) is 28.0. The minimum Gasteiger partial charge on any atom is -0.352 e. The molecular weight excluding hydrogens is 660 g/mol. The van der Waals surface area contributed by atoms with Crippen LogP contribution in [-0.2, 0) is 32.6 Å². The summed E-state index contributed by atoms with van der Waals surface area (Å²) in [4.78, 5) is 30.0. The number of rotatable bonds is 12. The number of hydrogen-bond donors (Lipinski definition) is 1. The molecule has 47 heavy (non-hydrogen) atoms. The van der Waals surface area contributed by atoms with E-state index >= 15 is 4.39 Å². The van der Waals surface area contributed by atoms with Gasteiger partial charge in [0.1, 0.15) is 18.4 Å². The van der Waals surface area contributed by atoms with Crippen LogP contribution in [0, 0.1) is 5.82 Å². The highest BCUT2D eigenvalue weighted by Crippen LogP contribution is 2.29. The second-order valence-electron chi connectivity index (χ2n) is 11.6. The van der Waals surface area contributed by atoms with Gasteiger partial charge in [-0.2, -0.15) is 0 Å².